The van der Waals surface area contributed by atoms with E-state index in [-0.39, 0.29) is 12.1 Å². The number of aliphatic hydroxyl groups excluding tert-OH is 1. The molecule has 0 saturated heterocycles. The van der Waals surface area contributed by atoms with Crippen LogP contribution < -0.4 is 16.6 Å². The molecule has 0 amide bonds. The molecule has 0 spiro atoms. The number of aliphatic hydroxyl groups is 1. The van der Waals surface area contributed by atoms with Gasteiger partial charge < -0.3 is 15.8 Å². The Balaban J connectivity index is 2.29. The van der Waals surface area contributed by atoms with Crippen LogP contribution in [-0.2, 0) is 0 Å². The van der Waals surface area contributed by atoms with Crippen molar-refractivity contribution in [1.29, 1.82) is 0 Å². The fourth-order valence-electron chi connectivity index (χ4n) is 1.98. The number of nitrogens with two attached hydrogens (primary N) is 1. The highest BCUT2D eigenvalue weighted by Gasteiger charge is 2.29. The Morgan fingerprint density at radius 3 is 2.47 bits per heavy atom. The molecule has 2 rings (SSSR count). The van der Waals surface area contributed by atoms with E-state index in [4.69, 9.17) is 10.9 Å². The summed E-state index contributed by atoms with van der Waals surface area (Å²) in [5, 5.41) is 12.5. The van der Waals surface area contributed by atoms with Crippen molar-refractivity contribution < 1.29 is 5.11 Å². The minimum atomic E-state index is -0.222. The van der Waals surface area contributed by atoms with Crippen molar-refractivity contribution in [2.45, 2.75) is 51.5 Å². The molecule has 1 fully saturated rings. The quantitative estimate of drug-likeness (QED) is 0.460. The van der Waals surface area contributed by atoms with Crippen LogP contribution in [0.4, 0.5) is 11.6 Å². The van der Waals surface area contributed by atoms with Crippen LogP contribution in [0.1, 0.15) is 50.4 Å². The number of aromatic nitrogens is 2. The molecule has 0 bridgehead atoms. The number of anilines is 2. The van der Waals surface area contributed by atoms with E-state index in [1.54, 1.807) is 0 Å². The van der Waals surface area contributed by atoms with Crippen molar-refractivity contribution >= 4 is 11.6 Å². The lowest BCUT2D eigenvalue weighted by Gasteiger charge is -2.27. The van der Waals surface area contributed by atoms with Gasteiger partial charge >= 0.3 is 0 Å². The van der Waals surface area contributed by atoms with Gasteiger partial charge in [0.25, 0.3) is 0 Å². The summed E-state index contributed by atoms with van der Waals surface area (Å²) in [6, 6.07) is 0. The molecule has 0 aliphatic heterocycles. The molecule has 1 aliphatic carbocycles. The fourth-order valence-corrected chi connectivity index (χ4v) is 1.98. The molecule has 19 heavy (non-hydrogen) atoms. The van der Waals surface area contributed by atoms with E-state index in [1.165, 1.54) is 0 Å². The van der Waals surface area contributed by atoms with E-state index >= 15 is 0 Å². The van der Waals surface area contributed by atoms with Gasteiger partial charge in [-0.15, -0.1) is 0 Å². The zero-order valence-corrected chi connectivity index (χ0v) is 11.8. The SMILES string of the molecule is Cc1c(NN)nc(C2CC2)nc1NC(C)(C)CCO. The van der Waals surface area contributed by atoms with Gasteiger partial charge in [-0.2, -0.15) is 0 Å². The molecule has 106 valence electrons. The second-order valence-electron chi connectivity index (χ2n) is 5.81. The fraction of sp³-hybridized carbons (Fsp3) is 0.692. The van der Waals surface area contributed by atoms with Crippen LogP contribution in [0.2, 0.25) is 0 Å². The summed E-state index contributed by atoms with van der Waals surface area (Å²) in [6.07, 6.45) is 2.94. The normalized spacial score (nSPS) is 15.4. The van der Waals surface area contributed by atoms with Gasteiger partial charge in [0.1, 0.15) is 17.5 Å². The molecule has 0 radical (unpaired) electrons. The van der Waals surface area contributed by atoms with Crippen LogP contribution in [0.15, 0.2) is 0 Å². The smallest absolute Gasteiger partial charge is 0.148 e. The van der Waals surface area contributed by atoms with Gasteiger partial charge in [-0.1, -0.05) is 0 Å². The van der Waals surface area contributed by atoms with Crippen LogP contribution in [0.25, 0.3) is 0 Å². The summed E-state index contributed by atoms with van der Waals surface area (Å²) >= 11 is 0. The van der Waals surface area contributed by atoms with Gasteiger partial charge in [-0.3, -0.25) is 0 Å². The van der Waals surface area contributed by atoms with E-state index < -0.39 is 0 Å². The van der Waals surface area contributed by atoms with Gasteiger partial charge in [0, 0.05) is 23.6 Å². The number of nitrogens with one attached hydrogen (secondary N) is 2. The summed E-state index contributed by atoms with van der Waals surface area (Å²) < 4.78 is 0. The zero-order valence-electron chi connectivity index (χ0n) is 11.8. The molecule has 0 atom stereocenters. The van der Waals surface area contributed by atoms with Crippen molar-refractivity contribution in [1.82, 2.24) is 9.97 Å². The third-order valence-corrected chi connectivity index (χ3v) is 3.44. The summed E-state index contributed by atoms with van der Waals surface area (Å²) in [7, 11) is 0. The predicted molar refractivity (Wildman–Crippen MR) is 76.0 cm³/mol. The summed E-state index contributed by atoms with van der Waals surface area (Å²) in [5.41, 5.74) is 3.32. The molecule has 1 aliphatic rings. The van der Waals surface area contributed by atoms with Gasteiger partial charge in [0.2, 0.25) is 0 Å². The van der Waals surface area contributed by atoms with Crippen LogP contribution >= 0.6 is 0 Å². The van der Waals surface area contributed by atoms with E-state index in [2.05, 4.69) is 20.7 Å². The maximum atomic E-state index is 9.10. The average Bonchev–Trinajstić information content (AvgIpc) is 3.15. The molecule has 1 aromatic rings. The molecular weight excluding hydrogens is 242 g/mol. The lowest BCUT2D eigenvalue weighted by molar-refractivity contribution is 0.260. The van der Waals surface area contributed by atoms with Gasteiger partial charge in [0.15, 0.2) is 0 Å². The number of hydrazine groups is 1. The van der Waals surface area contributed by atoms with Crippen LogP contribution in [0.5, 0.6) is 0 Å². The number of nitrogen functional groups attached to an aromatic ring is 1. The van der Waals surface area contributed by atoms with E-state index in [0.717, 1.165) is 30.0 Å². The number of nitrogens with zero attached hydrogens (tertiary/aromatic N) is 2. The van der Waals surface area contributed by atoms with Crippen LogP contribution in [0.3, 0.4) is 0 Å². The lowest BCUT2D eigenvalue weighted by atomic mass is 10.0. The maximum absolute atomic E-state index is 9.10. The first-order valence-electron chi connectivity index (χ1n) is 6.71. The first kappa shape index (κ1) is 14.0. The lowest BCUT2D eigenvalue weighted by Crippen LogP contribution is -2.33. The molecule has 1 aromatic heterocycles. The highest BCUT2D eigenvalue weighted by molar-refractivity contribution is 5.58. The largest absolute Gasteiger partial charge is 0.396 e. The number of hydrogen-bond acceptors (Lipinski definition) is 6. The molecule has 5 N–H and O–H groups in total. The molecule has 6 nitrogen and oxygen atoms in total. The Morgan fingerprint density at radius 1 is 1.32 bits per heavy atom. The zero-order chi connectivity index (χ0) is 14.0. The number of hydrogen-bond donors (Lipinski definition) is 4. The highest BCUT2D eigenvalue weighted by Crippen LogP contribution is 2.39. The third-order valence-electron chi connectivity index (χ3n) is 3.44. The number of rotatable bonds is 6. The van der Waals surface area contributed by atoms with Crippen molar-refractivity contribution in [3.8, 4) is 0 Å². The van der Waals surface area contributed by atoms with Crippen molar-refractivity contribution in [2.75, 3.05) is 17.3 Å². The molecule has 1 heterocycles. The molecule has 0 aromatic carbocycles. The molecular formula is C13H23N5O. The molecule has 1 saturated carbocycles. The minimum absolute atomic E-state index is 0.140. The standard InChI is InChI=1S/C13H23N5O/c1-8-10(17-13(2,3)6-7-19)15-12(9-4-5-9)16-11(8)18-14/h9,19H,4-7,14H2,1-3H3,(H2,15,16,17,18). The van der Waals surface area contributed by atoms with Gasteiger partial charge in [0.05, 0.1) is 0 Å². The Hall–Kier alpha value is -1.40. The molecule has 0 unspecified atom stereocenters. The van der Waals surface area contributed by atoms with Crippen molar-refractivity contribution in [2.24, 2.45) is 5.84 Å². The predicted octanol–water partition coefficient (Wildman–Crippen LogP) is 1.52. The Kier molecular flexibility index (Phi) is 3.91. The summed E-state index contributed by atoms with van der Waals surface area (Å²) in [6.45, 7) is 6.15. The first-order valence-corrected chi connectivity index (χ1v) is 6.71. The third kappa shape index (κ3) is 3.33. The van der Waals surface area contributed by atoms with Gasteiger partial charge in [-0.05, 0) is 40.0 Å². The molecule has 6 heteroatoms. The Labute approximate surface area is 113 Å². The second kappa shape index (κ2) is 5.30. The van der Waals surface area contributed by atoms with Crippen molar-refractivity contribution in [3.63, 3.8) is 0 Å². The van der Waals surface area contributed by atoms with Crippen molar-refractivity contribution in [3.05, 3.63) is 11.4 Å². The monoisotopic (exact) mass is 265 g/mol. The van der Waals surface area contributed by atoms with Crippen LogP contribution in [0, 0.1) is 6.92 Å². The second-order valence-corrected chi connectivity index (χ2v) is 5.81. The maximum Gasteiger partial charge on any atom is 0.148 e. The van der Waals surface area contributed by atoms with E-state index in [0.29, 0.717) is 18.2 Å². The van der Waals surface area contributed by atoms with Gasteiger partial charge in [-0.25, -0.2) is 15.8 Å². The Morgan fingerprint density at radius 2 is 1.95 bits per heavy atom. The first-order chi connectivity index (χ1) is 8.96. The highest BCUT2D eigenvalue weighted by atomic mass is 16.3. The minimum Gasteiger partial charge on any atom is -0.396 e. The average molecular weight is 265 g/mol. The topological polar surface area (TPSA) is 96.1 Å². The van der Waals surface area contributed by atoms with E-state index in [1.807, 2.05) is 20.8 Å². The summed E-state index contributed by atoms with van der Waals surface area (Å²) in [4.78, 5) is 9.06. The summed E-state index contributed by atoms with van der Waals surface area (Å²) in [5.74, 6) is 8.30. The Bertz CT molecular complexity index is 457. The van der Waals surface area contributed by atoms with E-state index in [9.17, 15) is 0 Å². The van der Waals surface area contributed by atoms with Crippen LogP contribution in [-0.4, -0.2) is 27.2 Å².